The Morgan fingerprint density at radius 3 is 2.53 bits per heavy atom. The van der Waals surface area contributed by atoms with Crippen LogP contribution in [0.2, 0.25) is 0 Å². The molecule has 0 atom stereocenters. The van der Waals surface area contributed by atoms with Crippen LogP contribution in [0.1, 0.15) is 16.2 Å². The molecular weight excluding hydrogens is 383 g/mol. The average molecular weight is 402 g/mol. The van der Waals surface area contributed by atoms with Crippen molar-refractivity contribution in [2.45, 2.75) is 6.92 Å². The average Bonchev–Trinajstić information content (AvgIpc) is 3.20. The first-order valence-corrected chi connectivity index (χ1v) is 9.29. The third-order valence-electron chi connectivity index (χ3n) is 4.49. The monoisotopic (exact) mass is 402 g/mol. The van der Waals surface area contributed by atoms with Crippen molar-refractivity contribution < 1.29 is 13.9 Å². The van der Waals surface area contributed by atoms with Gasteiger partial charge in [0.05, 0.1) is 12.8 Å². The summed E-state index contributed by atoms with van der Waals surface area (Å²) in [6.45, 7) is 1.97. The number of aromatic nitrogens is 3. The minimum absolute atomic E-state index is 0.00125. The first-order chi connectivity index (χ1) is 14.5. The van der Waals surface area contributed by atoms with Crippen molar-refractivity contribution in [3.63, 3.8) is 0 Å². The van der Waals surface area contributed by atoms with Gasteiger partial charge >= 0.3 is 0 Å². The number of ether oxygens (including phenoxy) is 1. The lowest BCUT2D eigenvalue weighted by Gasteiger charge is -2.06. The molecule has 0 bridgehead atoms. The smallest absolute Gasteiger partial charge is 0.295 e. The van der Waals surface area contributed by atoms with Crippen LogP contribution < -0.4 is 10.1 Å². The Balaban J connectivity index is 1.74. The molecule has 0 aliphatic heterocycles. The van der Waals surface area contributed by atoms with E-state index in [1.54, 1.807) is 48.2 Å². The number of benzene rings is 3. The predicted molar refractivity (Wildman–Crippen MR) is 112 cm³/mol. The fraction of sp³-hybridized carbons (Fsp3) is 0.0870. The molecule has 7 heteroatoms. The minimum atomic E-state index is -0.460. The lowest BCUT2D eigenvalue weighted by atomic mass is 10.2. The topological polar surface area (TPSA) is 69.0 Å². The molecule has 4 aromatic rings. The van der Waals surface area contributed by atoms with Crippen molar-refractivity contribution in [1.29, 1.82) is 0 Å². The maximum atomic E-state index is 13.4. The highest BCUT2D eigenvalue weighted by atomic mass is 19.1. The van der Waals surface area contributed by atoms with Gasteiger partial charge in [-0.25, -0.2) is 14.1 Å². The number of aryl methyl sites for hydroxylation is 1. The highest BCUT2D eigenvalue weighted by Crippen LogP contribution is 2.23. The number of nitrogens with zero attached hydrogens (tertiary/aromatic N) is 3. The molecule has 30 heavy (non-hydrogen) atoms. The zero-order valence-corrected chi connectivity index (χ0v) is 16.5. The van der Waals surface area contributed by atoms with E-state index in [9.17, 15) is 9.18 Å². The Morgan fingerprint density at radius 2 is 1.80 bits per heavy atom. The van der Waals surface area contributed by atoms with Crippen molar-refractivity contribution in [3.8, 4) is 22.8 Å². The van der Waals surface area contributed by atoms with Gasteiger partial charge in [0.1, 0.15) is 11.6 Å². The summed E-state index contributed by atoms with van der Waals surface area (Å²) in [5.74, 6) is 0.252. The number of anilines is 1. The molecule has 150 valence electrons. The van der Waals surface area contributed by atoms with Crippen LogP contribution in [0.15, 0.2) is 72.8 Å². The van der Waals surface area contributed by atoms with Crippen molar-refractivity contribution in [3.05, 3.63) is 90.0 Å². The zero-order chi connectivity index (χ0) is 21.1. The molecule has 0 saturated carbocycles. The number of hydrogen-bond donors (Lipinski definition) is 1. The van der Waals surface area contributed by atoms with E-state index in [-0.39, 0.29) is 11.6 Å². The normalized spacial score (nSPS) is 10.6. The molecule has 0 spiro atoms. The van der Waals surface area contributed by atoms with Gasteiger partial charge in [-0.05, 0) is 61.0 Å². The second kappa shape index (κ2) is 8.16. The van der Waals surface area contributed by atoms with E-state index in [1.165, 1.54) is 12.1 Å². The first kappa shape index (κ1) is 19.3. The maximum absolute atomic E-state index is 13.4. The van der Waals surface area contributed by atoms with Crippen LogP contribution in [0.5, 0.6) is 5.75 Å². The maximum Gasteiger partial charge on any atom is 0.295 e. The van der Waals surface area contributed by atoms with E-state index in [0.717, 1.165) is 11.3 Å². The SMILES string of the molecule is COc1cccc(NC(=O)c2nc(-c3ccc(F)cc3)n(-c3cccc(C)c3)n2)c1. The van der Waals surface area contributed by atoms with E-state index in [1.807, 2.05) is 31.2 Å². The van der Waals surface area contributed by atoms with E-state index in [2.05, 4.69) is 15.4 Å². The predicted octanol–water partition coefficient (Wildman–Crippen LogP) is 4.64. The van der Waals surface area contributed by atoms with Gasteiger partial charge in [0.2, 0.25) is 5.82 Å². The third-order valence-corrected chi connectivity index (χ3v) is 4.49. The molecular formula is C23H19FN4O2. The third kappa shape index (κ3) is 4.05. The molecule has 4 rings (SSSR count). The van der Waals surface area contributed by atoms with Gasteiger partial charge in [0.25, 0.3) is 5.91 Å². The van der Waals surface area contributed by atoms with Gasteiger partial charge < -0.3 is 10.1 Å². The summed E-state index contributed by atoms with van der Waals surface area (Å²) in [5, 5.41) is 7.21. The van der Waals surface area contributed by atoms with E-state index >= 15 is 0 Å². The van der Waals surface area contributed by atoms with Gasteiger partial charge in [0.15, 0.2) is 5.82 Å². The quantitative estimate of drug-likeness (QED) is 0.528. The molecule has 0 fully saturated rings. The summed E-state index contributed by atoms with van der Waals surface area (Å²) >= 11 is 0. The van der Waals surface area contributed by atoms with Crippen molar-refractivity contribution in [2.75, 3.05) is 12.4 Å². The first-order valence-electron chi connectivity index (χ1n) is 9.29. The van der Waals surface area contributed by atoms with Crippen molar-refractivity contribution in [2.24, 2.45) is 0 Å². The van der Waals surface area contributed by atoms with Crippen LogP contribution in [0.25, 0.3) is 17.1 Å². The standard InChI is InChI=1S/C23H19FN4O2/c1-15-5-3-7-19(13-15)28-22(16-9-11-17(24)12-10-16)26-21(27-28)23(29)25-18-6-4-8-20(14-18)30-2/h3-14H,1-2H3,(H,25,29). The summed E-state index contributed by atoms with van der Waals surface area (Å²) in [6, 6.07) is 20.6. The number of hydrogen-bond acceptors (Lipinski definition) is 4. The van der Waals surface area contributed by atoms with E-state index in [4.69, 9.17) is 4.74 Å². The minimum Gasteiger partial charge on any atom is -0.497 e. The molecule has 1 N–H and O–H groups in total. The number of rotatable bonds is 5. The second-order valence-corrected chi connectivity index (χ2v) is 6.70. The van der Waals surface area contributed by atoms with Crippen molar-refractivity contribution in [1.82, 2.24) is 14.8 Å². The van der Waals surface area contributed by atoms with Crippen molar-refractivity contribution >= 4 is 11.6 Å². The summed E-state index contributed by atoms with van der Waals surface area (Å²) < 4.78 is 20.2. The molecule has 6 nitrogen and oxygen atoms in total. The van der Waals surface area contributed by atoms with Crippen LogP contribution in [-0.4, -0.2) is 27.8 Å². The van der Waals surface area contributed by atoms with Gasteiger partial charge in [-0.1, -0.05) is 18.2 Å². The number of methoxy groups -OCH3 is 1. The molecule has 0 saturated heterocycles. The summed E-state index contributed by atoms with van der Waals surface area (Å²) in [4.78, 5) is 17.3. The number of carbonyl (C=O) groups is 1. The molecule has 1 heterocycles. The van der Waals surface area contributed by atoms with Gasteiger partial charge in [0, 0.05) is 17.3 Å². The number of carbonyl (C=O) groups excluding carboxylic acids is 1. The second-order valence-electron chi connectivity index (χ2n) is 6.70. The fourth-order valence-electron chi connectivity index (χ4n) is 3.02. The fourth-order valence-corrected chi connectivity index (χ4v) is 3.02. The molecule has 0 aliphatic rings. The van der Waals surface area contributed by atoms with E-state index in [0.29, 0.717) is 22.8 Å². The Morgan fingerprint density at radius 1 is 1.03 bits per heavy atom. The molecule has 3 aromatic carbocycles. The summed E-state index contributed by atoms with van der Waals surface area (Å²) in [6.07, 6.45) is 0. The van der Waals surface area contributed by atoms with Crippen LogP contribution in [0.4, 0.5) is 10.1 Å². The zero-order valence-electron chi connectivity index (χ0n) is 16.5. The highest BCUT2D eigenvalue weighted by Gasteiger charge is 2.19. The Hall–Kier alpha value is -4.00. The van der Waals surface area contributed by atoms with Crippen LogP contribution >= 0.6 is 0 Å². The largest absolute Gasteiger partial charge is 0.497 e. The van der Waals surface area contributed by atoms with Crippen LogP contribution in [-0.2, 0) is 0 Å². The summed E-state index contributed by atoms with van der Waals surface area (Å²) in [5.41, 5.74) is 3.00. The summed E-state index contributed by atoms with van der Waals surface area (Å²) in [7, 11) is 1.56. The van der Waals surface area contributed by atoms with Gasteiger partial charge in [-0.2, -0.15) is 0 Å². The van der Waals surface area contributed by atoms with Gasteiger partial charge in [-0.3, -0.25) is 4.79 Å². The number of amides is 1. The molecule has 1 amide bonds. The molecule has 1 aromatic heterocycles. The Bertz CT molecular complexity index is 1200. The number of halogens is 1. The van der Waals surface area contributed by atoms with E-state index < -0.39 is 5.91 Å². The molecule has 0 aliphatic carbocycles. The lowest BCUT2D eigenvalue weighted by Crippen LogP contribution is -2.14. The van der Waals surface area contributed by atoms with Crippen LogP contribution in [0, 0.1) is 12.7 Å². The molecule has 0 unspecified atom stereocenters. The van der Waals surface area contributed by atoms with Crippen LogP contribution in [0.3, 0.4) is 0 Å². The van der Waals surface area contributed by atoms with Gasteiger partial charge in [-0.15, -0.1) is 5.10 Å². The Labute approximate surface area is 173 Å². The number of nitrogens with one attached hydrogen (secondary N) is 1. The molecule has 0 radical (unpaired) electrons. The Kier molecular flexibility index (Phi) is 5.26. The highest BCUT2D eigenvalue weighted by molar-refractivity contribution is 6.02. The lowest BCUT2D eigenvalue weighted by molar-refractivity contribution is 0.101.